The second-order valence-corrected chi connectivity index (χ2v) is 5.44. The van der Waals surface area contributed by atoms with Crippen LogP contribution in [0.1, 0.15) is 16.4 Å². The molecule has 0 atom stereocenters. The van der Waals surface area contributed by atoms with E-state index in [1.54, 1.807) is 4.57 Å². The first kappa shape index (κ1) is 13.6. The molecule has 0 unspecified atom stereocenters. The van der Waals surface area contributed by atoms with Crippen molar-refractivity contribution >= 4 is 32.6 Å². The number of Topliss-reactive ketones (excluding diaryl/α,β-unsaturated/α-hetero) is 1. The zero-order valence-electron chi connectivity index (χ0n) is 10.1. The number of halogens is 4. The van der Waals surface area contributed by atoms with Gasteiger partial charge >= 0.3 is 6.43 Å². The van der Waals surface area contributed by atoms with Gasteiger partial charge in [0.15, 0.2) is 0 Å². The topological polar surface area (TPSA) is 31.2 Å². The number of hydrogen-bond donors (Lipinski definition) is 0. The number of carbonyl (C=O) groups is 1. The quantitative estimate of drug-likeness (QED) is 0.795. The Labute approximate surface area is 120 Å². The standard InChI is InChI=1S/C13H9BrF3NO2/c14-9-2-11-7(1-10(9)15)8(12(19)13(16)17)3-18(11)6-4-20-5-6/h1-3,6,13H,4-5H2. The minimum Gasteiger partial charge on any atom is -0.377 e. The highest BCUT2D eigenvalue weighted by molar-refractivity contribution is 9.10. The number of hydrogen-bond acceptors (Lipinski definition) is 2. The Morgan fingerprint density at radius 1 is 1.40 bits per heavy atom. The third-order valence-electron chi connectivity index (χ3n) is 3.35. The lowest BCUT2D eigenvalue weighted by molar-refractivity contribution is -0.0214. The van der Waals surface area contributed by atoms with E-state index >= 15 is 0 Å². The average molecular weight is 348 g/mol. The molecule has 3 nitrogen and oxygen atoms in total. The summed E-state index contributed by atoms with van der Waals surface area (Å²) in [7, 11) is 0. The van der Waals surface area contributed by atoms with E-state index in [-0.39, 0.29) is 21.5 Å². The summed E-state index contributed by atoms with van der Waals surface area (Å²) in [4.78, 5) is 11.6. The van der Waals surface area contributed by atoms with Crippen LogP contribution in [0.5, 0.6) is 0 Å². The minimum atomic E-state index is -3.11. The number of nitrogens with zero attached hydrogens (tertiary/aromatic N) is 1. The van der Waals surface area contributed by atoms with Crippen molar-refractivity contribution in [2.75, 3.05) is 13.2 Å². The van der Waals surface area contributed by atoms with Gasteiger partial charge < -0.3 is 9.30 Å². The SMILES string of the molecule is O=C(c1cn(C2COC2)c2cc(Br)c(F)cc12)C(F)F. The molecule has 1 aliphatic heterocycles. The molecule has 7 heteroatoms. The molecule has 0 N–H and O–H groups in total. The van der Waals surface area contributed by atoms with Crippen molar-refractivity contribution in [3.05, 3.63) is 34.2 Å². The fourth-order valence-electron chi connectivity index (χ4n) is 2.24. The molecule has 3 rings (SSSR count). The van der Waals surface area contributed by atoms with Crippen molar-refractivity contribution in [1.29, 1.82) is 0 Å². The molecule has 0 bridgehead atoms. The maximum atomic E-state index is 13.6. The van der Waals surface area contributed by atoms with E-state index in [0.29, 0.717) is 18.7 Å². The Hall–Kier alpha value is -1.34. The zero-order chi connectivity index (χ0) is 14.4. The van der Waals surface area contributed by atoms with Gasteiger partial charge in [-0.1, -0.05) is 0 Å². The van der Waals surface area contributed by atoms with Gasteiger partial charge in [0.2, 0.25) is 5.78 Å². The van der Waals surface area contributed by atoms with E-state index in [9.17, 15) is 18.0 Å². The van der Waals surface area contributed by atoms with Crippen molar-refractivity contribution < 1.29 is 22.7 Å². The maximum absolute atomic E-state index is 13.6. The molecular weight excluding hydrogens is 339 g/mol. The van der Waals surface area contributed by atoms with E-state index in [4.69, 9.17) is 4.74 Å². The van der Waals surface area contributed by atoms with Gasteiger partial charge in [0.1, 0.15) is 5.82 Å². The lowest BCUT2D eigenvalue weighted by atomic mass is 10.1. The Morgan fingerprint density at radius 2 is 2.10 bits per heavy atom. The summed E-state index contributed by atoms with van der Waals surface area (Å²) in [5.74, 6) is -1.89. The number of benzene rings is 1. The van der Waals surface area contributed by atoms with Crippen LogP contribution in [0.3, 0.4) is 0 Å². The summed E-state index contributed by atoms with van der Waals surface area (Å²) >= 11 is 3.06. The first-order valence-corrected chi connectivity index (χ1v) is 6.68. The molecule has 20 heavy (non-hydrogen) atoms. The molecule has 1 fully saturated rings. The van der Waals surface area contributed by atoms with Gasteiger partial charge in [-0.05, 0) is 28.1 Å². The number of ketones is 1. The van der Waals surface area contributed by atoms with Crippen LogP contribution in [0.4, 0.5) is 13.2 Å². The van der Waals surface area contributed by atoms with Crippen LogP contribution < -0.4 is 0 Å². The highest BCUT2D eigenvalue weighted by atomic mass is 79.9. The normalized spacial score (nSPS) is 15.8. The summed E-state index contributed by atoms with van der Waals surface area (Å²) in [6.07, 6.45) is -1.75. The predicted octanol–water partition coefficient (Wildman–Crippen LogP) is 3.56. The van der Waals surface area contributed by atoms with Crippen molar-refractivity contribution in [3.63, 3.8) is 0 Å². The molecule has 0 saturated carbocycles. The summed E-state index contributed by atoms with van der Waals surface area (Å²) in [6.45, 7) is 0.891. The number of ether oxygens (including phenoxy) is 1. The largest absolute Gasteiger partial charge is 0.377 e. The number of fused-ring (bicyclic) bond motifs is 1. The van der Waals surface area contributed by atoms with Crippen LogP contribution in [-0.2, 0) is 4.74 Å². The lowest BCUT2D eigenvalue weighted by Crippen LogP contribution is -2.30. The predicted molar refractivity (Wildman–Crippen MR) is 69.8 cm³/mol. The smallest absolute Gasteiger partial charge is 0.300 e. The van der Waals surface area contributed by atoms with Crippen molar-refractivity contribution in [2.45, 2.75) is 12.5 Å². The first-order valence-electron chi connectivity index (χ1n) is 5.88. The van der Waals surface area contributed by atoms with E-state index in [2.05, 4.69) is 15.9 Å². The second-order valence-electron chi connectivity index (χ2n) is 4.59. The molecule has 1 saturated heterocycles. The molecular formula is C13H9BrF3NO2. The van der Waals surface area contributed by atoms with Crippen molar-refractivity contribution in [3.8, 4) is 0 Å². The summed E-state index contributed by atoms with van der Waals surface area (Å²) in [6, 6.07) is 2.57. The summed E-state index contributed by atoms with van der Waals surface area (Å²) in [5, 5.41) is 0.197. The average Bonchev–Trinajstić information content (AvgIpc) is 2.66. The molecule has 1 aromatic heterocycles. The third-order valence-corrected chi connectivity index (χ3v) is 3.96. The molecule has 0 spiro atoms. The number of aromatic nitrogens is 1. The minimum absolute atomic E-state index is 0.0194. The van der Waals surface area contributed by atoms with Crippen LogP contribution >= 0.6 is 15.9 Å². The van der Waals surface area contributed by atoms with Gasteiger partial charge in [-0.25, -0.2) is 13.2 Å². The van der Waals surface area contributed by atoms with Crippen LogP contribution in [0, 0.1) is 5.82 Å². The van der Waals surface area contributed by atoms with Crippen LogP contribution in [0.2, 0.25) is 0 Å². The van der Waals surface area contributed by atoms with Crippen molar-refractivity contribution in [2.24, 2.45) is 0 Å². The third kappa shape index (κ3) is 2.05. The van der Waals surface area contributed by atoms with Gasteiger partial charge in [0.05, 0.1) is 29.2 Å². The van der Waals surface area contributed by atoms with Crippen molar-refractivity contribution in [1.82, 2.24) is 4.57 Å². The number of alkyl halides is 2. The molecule has 1 aromatic carbocycles. The summed E-state index contributed by atoms with van der Waals surface area (Å²) in [5.41, 5.74) is 0.379. The Kier molecular flexibility index (Phi) is 3.33. The fraction of sp³-hybridized carbons (Fsp3) is 0.308. The fourth-order valence-corrected chi connectivity index (χ4v) is 2.58. The molecule has 0 aliphatic carbocycles. The molecule has 2 heterocycles. The molecule has 106 valence electrons. The second kappa shape index (κ2) is 4.89. The van der Waals surface area contributed by atoms with Gasteiger partial charge in [-0.15, -0.1) is 0 Å². The van der Waals surface area contributed by atoms with Crippen LogP contribution in [0.15, 0.2) is 22.8 Å². The first-order chi connectivity index (χ1) is 9.49. The van der Waals surface area contributed by atoms with Gasteiger partial charge in [-0.2, -0.15) is 0 Å². The van der Waals surface area contributed by atoms with E-state index in [1.165, 1.54) is 12.3 Å². The van der Waals surface area contributed by atoms with Crippen LogP contribution in [-0.4, -0.2) is 30.0 Å². The molecule has 1 aliphatic rings. The van der Waals surface area contributed by atoms with Gasteiger partial charge in [0, 0.05) is 17.1 Å². The number of carbonyl (C=O) groups excluding carboxylic acids is 1. The Bertz CT molecular complexity index is 694. The molecule has 0 amide bonds. The van der Waals surface area contributed by atoms with Gasteiger partial charge in [0.25, 0.3) is 0 Å². The molecule has 0 radical (unpaired) electrons. The highest BCUT2D eigenvalue weighted by Gasteiger charge is 2.28. The van der Waals surface area contributed by atoms with E-state index in [0.717, 1.165) is 6.07 Å². The Morgan fingerprint density at radius 3 is 2.65 bits per heavy atom. The lowest BCUT2D eigenvalue weighted by Gasteiger charge is -2.28. The summed E-state index contributed by atoms with van der Waals surface area (Å²) < 4.78 is 45.9. The zero-order valence-corrected chi connectivity index (χ0v) is 11.7. The molecule has 2 aromatic rings. The monoisotopic (exact) mass is 347 g/mol. The highest BCUT2D eigenvalue weighted by Crippen LogP contribution is 2.32. The maximum Gasteiger partial charge on any atom is 0.300 e. The number of rotatable bonds is 3. The van der Waals surface area contributed by atoms with Gasteiger partial charge in [-0.3, -0.25) is 4.79 Å². The van der Waals surface area contributed by atoms with Crippen LogP contribution in [0.25, 0.3) is 10.9 Å². The Balaban J connectivity index is 2.24. The van der Waals surface area contributed by atoms with E-state index < -0.39 is 18.0 Å². The van der Waals surface area contributed by atoms with E-state index in [1.807, 2.05) is 0 Å².